The van der Waals surface area contributed by atoms with Crippen molar-refractivity contribution in [2.24, 2.45) is 5.92 Å². The van der Waals surface area contributed by atoms with Crippen molar-refractivity contribution < 1.29 is 9.59 Å². The lowest BCUT2D eigenvalue weighted by Gasteiger charge is -2.10. The number of carbonyl (C=O) groups excluding carboxylic acids is 2. The second kappa shape index (κ2) is 8.56. The first-order valence-corrected chi connectivity index (χ1v) is 10.3. The molecule has 0 aliphatic heterocycles. The van der Waals surface area contributed by atoms with Crippen molar-refractivity contribution in [3.05, 3.63) is 46.5 Å². The second-order valence-electron chi connectivity index (χ2n) is 7.23. The third-order valence-corrected chi connectivity index (χ3v) is 5.60. The Morgan fingerprint density at radius 3 is 2.71 bits per heavy atom. The molecule has 2 aromatic heterocycles. The quantitative estimate of drug-likeness (QED) is 0.632. The van der Waals surface area contributed by atoms with Crippen LogP contribution in [0.2, 0.25) is 0 Å². The summed E-state index contributed by atoms with van der Waals surface area (Å²) in [6, 6.07) is 9.54. The van der Waals surface area contributed by atoms with Gasteiger partial charge in [0.1, 0.15) is 4.83 Å². The fourth-order valence-electron chi connectivity index (χ4n) is 3.09. The molecule has 3 aromatic rings. The number of hydrogen-bond acceptors (Lipinski definition) is 4. The maximum Gasteiger partial charge on any atom is 0.261 e. The lowest BCUT2D eigenvalue weighted by Crippen LogP contribution is -2.32. The number of rotatable bonds is 7. The van der Waals surface area contributed by atoms with Gasteiger partial charge in [0.05, 0.1) is 17.1 Å². The van der Waals surface area contributed by atoms with Crippen LogP contribution < -0.4 is 10.6 Å². The highest BCUT2D eigenvalue weighted by Gasteiger charge is 2.17. The molecule has 0 radical (unpaired) electrons. The van der Waals surface area contributed by atoms with Gasteiger partial charge >= 0.3 is 0 Å². The molecule has 6 nitrogen and oxygen atoms in total. The average Bonchev–Trinajstić information content (AvgIpc) is 3.21. The Kier molecular flexibility index (Phi) is 6.14. The topological polar surface area (TPSA) is 76.0 Å². The van der Waals surface area contributed by atoms with Gasteiger partial charge in [-0.1, -0.05) is 39.0 Å². The molecule has 7 heteroatoms. The number of aryl methyl sites for hydroxylation is 2. The second-order valence-corrected chi connectivity index (χ2v) is 8.26. The number of thiophene rings is 1. The summed E-state index contributed by atoms with van der Waals surface area (Å²) in [5, 5.41) is 11.1. The lowest BCUT2D eigenvalue weighted by atomic mass is 10.1. The Hall–Kier alpha value is -2.67. The molecule has 0 unspecified atom stereocenters. The number of amides is 2. The number of carbonyl (C=O) groups is 2. The van der Waals surface area contributed by atoms with Crippen LogP contribution in [0.15, 0.2) is 30.3 Å². The third kappa shape index (κ3) is 4.42. The van der Waals surface area contributed by atoms with E-state index in [1.807, 2.05) is 48.9 Å². The molecular weight excluding hydrogens is 372 g/mol. The molecule has 0 saturated carbocycles. The minimum Gasteiger partial charge on any atom is -0.342 e. The van der Waals surface area contributed by atoms with E-state index in [1.165, 1.54) is 11.3 Å². The first-order valence-electron chi connectivity index (χ1n) is 9.52. The molecule has 3 rings (SSSR count). The van der Waals surface area contributed by atoms with Crippen LogP contribution in [0, 0.1) is 12.8 Å². The van der Waals surface area contributed by atoms with Crippen molar-refractivity contribution in [1.82, 2.24) is 15.1 Å². The SMILES string of the molecule is CCc1ccccc1NC(=O)CNC(=O)c1cc2c(C)nn(CC(C)C)c2s1. The van der Waals surface area contributed by atoms with E-state index < -0.39 is 0 Å². The summed E-state index contributed by atoms with van der Waals surface area (Å²) in [6.45, 7) is 9.01. The average molecular weight is 399 g/mol. The highest BCUT2D eigenvalue weighted by Crippen LogP contribution is 2.28. The minimum atomic E-state index is -0.240. The summed E-state index contributed by atoms with van der Waals surface area (Å²) < 4.78 is 1.96. The third-order valence-electron chi connectivity index (χ3n) is 4.45. The van der Waals surface area contributed by atoms with Crippen molar-refractivity contribution in [3.8, 4) is 0 Å². The summed E-state index contributed by atoms with van der Waals surface area (Å²) in [5.74, 6) is -0.00952. The van der Waals surface area contributed by atoms with Crippen LogP contribution in [0.5, 0.6) is 0 Å². The molecule has 2 N–H and O–H groups in total. The van der Waals surface area contributed by atoms with Crippen molar-refractivity contribution in [1.29, 1.82) is 0 Å². The van der Waals surface area contributed by atoms with Crippen LogP contribution >= 0.6 is 11.3 Å². The van der Waals surface area contributed by atoms with Gasteiger partial charge in [-0.3, -0.25) is 14.3 Å². The fourth-order valence-corrected chi connectivity index (χ4v) is 4.17. The van der Waals surface area contributed by atoms with E-state index in [1.54, 1.807) is 0 Å². The Balaban J connectivity index is 1.65. The summed E-state index contributed by atoms with van der Waals surface area (Å²) >= 11 is 1.41. The first-order chi connectivity index (χ1) is 13.4. The molecule has 2 heterocycles. The highest BCUT2D eigenvalue weighted by molar-refractivity contribution is 7.20. The van der Waals surface area contributed by atoms with Crippen molar-refractivity contribution >= 4 is 39.1 Å². The molecule has 0 bridgehead atoms. The van der Waals surface area contributed by atoms with E-state index in [9.17, 15) is 9.59 Å². The Morgan fingerprint density at radius 2 is 2.00 bits per heavy atom. The zero-order valence-electron chi connectivity index (χ0n) is 16.7. The molecule has 0 aliphatic rings. The highest BCUT2D eigenvalue weighted by atomic mass is 32.1. The largest absolute Gasteiger partial charge is 0.342 e. The van der Waals surface area contributed by atoms with Crippen LogP contribution in [-0.4, -0.2) is 28.1 Å². The normalized spacial score (nSPS) is 11.2. The number of anilines is 1. The van der Waals surface area contributed by atoms with Gasteiger partial charge in [0, 0.05) is 17.6 Å². The summed E-state index contributed by atoms with van der Waals surface area (Å²) in [5.41, 5.74) is 2.77. The van der Waals surface area contributed by atoms with Crippen molar-refractivity contribution in [3.63, 3.8) is 0 Å². The van der Waals surface area contributed by atoms with E-state index in [0.29, 0.717) is 10.8 Å². The Morgan fingerprint density at radius 1 is 1.25 bits per heavy atom. The summed E-state index contributed by atoms with van der Waals surface area (Å²) in [7, 11) is 0. The fraction of sp³-hybridized carbons (Fsp3) is 0.381. The van der Waals surface area contributed by atoms with E-state index >= 15 is 0 Å². The predicted molar refractivity (Wildman–Crippen MR) is 114 cm³/mol. The van der Waals surface area contributed by atoms with Gasteiger partial charge in [-0.25, -0.2) is 0 Å². The number of hydrogen-bond donors (Lipinski definition) is 2. The van der Waals surface area contributed by atoms with Crippen molar-refractivity contribution in [2.75, 3.05) is 11.9 Å². The van der Waals surface area contributed by atoms with Gasteiger partial charge in [-0.15, -0.1) is 11.3 Å². The zero-order chi connectivity index (χ0) is 20.3. The van der Waals surface area contributed by atoms with Crippen LogP contribution in [-0.2, 0) is 17.8 Å². The van der Waals surface area contributed by atoms with Gasteiger partial charge in [-0.05, 0) is 37.0 Å². The number of nitrogens with zero attached hydrogens (tertiary/aromatic N) is 2. The van der Waals surface area contributed by atoms with Gasteiger partial charge in [0.25, 0.3) is 5.91 Å². The van der Waals surface area contributed by atoms with Gasteiger partial charge in [0.2, 0.25) is 5.91 Å². The van der Waals surface area contributed by atoms with Crippen LogP contribution in [0.1, 0.15) is 41.7 Å². The van der Waals surface area contributed by atoms with Crippen LogP contribution in [0.3, 0.4) is 0 Å². The Labute approximate surface area is 168 Å². The lowest BCUT2D eigenvalue weighted by molar-refractivity contribution is -0.115. The molecule has 1 aromatic carbocycles. The van der Waals surface area contributed by atoms with Gasteiger partial charge in [0.15, 0.2) is 0 Å². The Bertz CT molecular complexity index is 1000. The van der Waals surface area contributed by atoms with E-state index in [-0.39, 0.29) is 18.4 Å². The number of fused-ring (bicyclic) bond motifs is 1. The number of nitrogens with one attached hydrogen (secondary N) is 2. The zero-order valence-corrected chi connectivity index (χ0v) is 17.5. The standard InChI is InChI=1S/C21H26N4O2S/c1-5-15-8-6-7-9-17(15)23-19(26)11-22-20(27)18-10-16-14(4)24-25(12-13(2)3)21(16)28-18/h6-10,13H,5,11-12H2,1-4H3,(H,22,27)(H,23,26). The molecule has 0 aliphatic carbocycles. The van der Waals surface area contributed by atoms with E-state index in [4.69, 9.17) is 0 Å². The molecule has 0 fully saturated rings. The maximum absolute atomic E-state index is 12.5. The van der Waals surface area contributed by atoms with Gasteiger partial charge in [-0.2, -0.15) is 5.10 Å². The number of benzene rings is 1. The first kappa shape index (κ1) is 20.1. The van der Waals surface area contributed by atoms with E-state index in [0.717, 1.165) is 40.1 Å². The van der Waals surface area contributed by atoms with Gasteiger partial charge < -0.3 is 10.6 Å². The number of aromatic nitrogens is 2. The minimum absolute atomic E-state index is 0.0672. The monoisotopic (exact) mass is 398 g/mol. The predicted octanol–water partition coefficient (Wildman–Crippen LogP) is 3.99. The molecule has 148 valence electrons. The molecular formula is C21H26N4O2S. The molecule has 28 heavy (non-hydrogen) atoms. The summed E-state index contributed by atoms with van der Waals surface area (Å²) in [4.78, 5) is 26.3. The molecule has 0 spiro atoms. The molecule has 0 atom stereocenters. The van der Waals surface area contributed by atoms with Crippen LogP contribution in [0.25, 0.3) is 10.2 Å². The van der Waals surface area contributed by atoms with Crippen molar-refractivity contribution in [2.45, 2.75) is 40.7 Å². The summed E-state index contributed by atoms with van der Waals surface area (Å²) in [6.07, 6.45) is 0.831. The van der Waals surface area contributed by atoms with E-state index in [2.05, 4.69) is 29.6 Å². The maximum atomic E-state index is 12.5. The smallest absolute Gasteiger partial charge is 0.261 e. The number of para-hydroxylation sites is 1. The molecule has 2 amide bonds. The van der Waals surface area contributed by atoms with Crippen LogP contribution in [0.4, 0.5) is 5.69 Å². The molecule has 0 saturated heterocycles.